The van der Waals surface area contributed by atoms with Crippen molar-refractivity contribution in [3.05, 3.63) is 24.9 Å². The summed E-state index contributed by atoms with van der Waals surface area (Å²) in [7, 11) is -1.70. The fourth-order valence-electron chi connectivity index (χ4n) is 0.910. The zero-order chi connectivity index (χ0) is 9.41. The Balaban J connectivity index is 3.02. The van der Waals surface area contributed by atoms with Gasteiger partial charge in [-0.25, -0.2) is 0 Å². The molecule has 3 nitrogen and oxygen atoms in total. The van der Waals surface area contributed by atoms with Gasteiger partial charge in [0.1, 0.15) is 0 Å². The van der Waals surface area contributed by atoms with Crippen LogP contribution < -0.4 is 0 Å². The van der Waals surface area contributed by atoms with Gasteiger partial charge >= 0.3 is 0 Å². The summed E-state index contributed by atoms with van der Waals surface area (Å²) in [5, 5.41) is 15.6. The molecule has 1 unspecified atom stereocenters. The molecule has 1 atom stereocenters. The molecule has 0 aliphatic carbocycles. The lowest BCUT2D eigenvalue weighted by atomic mass is 10.2. The van der Waals surface area contributed by atoms with E-state index < -0.39 is 13.3 Å². The molecule has 2 N–H and O–H groups in total. The van der Waals surface area contributed by atoms with Crippen LogP contribution in [0.1, 0.15) is 5.56 Å². The fourth-order valence-corrected chi connectivity index (χ4v) is 1.91. The molecule has 0 aromatic carbocycles. The molecule has 1 aromatic rings. The number of hydrogen-bond donors (Lipinski definition) is 2. The van der Waals surface area contributed by atoms with Crippen LogP contribution in [0.4, 0.5) is 0 Å². The highest BCUT2D eigenvalue weighted by Crippen LogP contribution is 2.29. The maximum Gasteiger partial charge on any atom is 0.0879 e. The molecule has 0 saturated heterocycles. The lowest BCUT2D eigenvalue weighted by molar-refractivity contribution is 0.164. The van der Waals surface area contributed by atoms with Crippen LogP contribution in [0.15, 0.2) is 12.4 Å². The minimum absolute atomic E-state index is 0.779. The van der Waals surface area contributed by atoms with Gasteiger partial charge in [-0.15, -0.1) is 0 Å². The topological polar surface area (TPSA) is 48.9 Å². The average molecular weight is 183 g/mol. The largest absolute Gasteiger partial charge is 0.389 e. The van der Waals surface area contributed by atoms with Crippen molar-refractivity contribution in [2.24, 2.45) is 0 Å². The highest BCUT2D eigenvalue weighted by Gasteiger charge is 2.39. The molecular weight excluding hydrogens is 168 g/mol. The number of aliphatic hydroxyl groups is 1. The summed E-state index contributed by atoms with van der Waals surface area (Å²) in [6.07, 6.45) is 3.33. The van der Waals surface area contributed by atoms with Crippen LogP contribution in [-0.2, 0) is 5.22 Å². The Labute approximate surface area is 73.8 Å². The van der Waals surface area contributed by atoms with E-state index in [9.17, 15) is 5.11 Å². The number of aromatic nitrogens is 2. The first-order valence-corrected chi connectivity index (χ1v) is 7.42. The number of aromatic amines is 1. The van der Waals surface area contributed by atoms with Gasteiger partial charge in [0.15, 0.2) is 0 Å². The lowest BCUT2D eigenvalue weighted by Gasteiger charge is -2.34. The van der Waals surface area contributed by atoms with Crippen molar-refractivity contribution in [3.8, 4) is 0 Å². The maximum absolute atomic E-state index is 10.1. The Morgan fingerprint density at radius 2 is 2.17 bits per heavy atom. The van der Waals surface area contributed by atoms with Gasteiger partial charge in [-0.3, -0.25) is 5.10 Å². The van der Waals surface area contributed by atoms with Gasteiger partial charge in [-0.2, -0.15) is 5.10 Å². The Morgan fingerprint density at radius 1 is 1.58 bits per heavy atom. The Kier molecular flexibility index (Phi) is 2.14. The molecular formula is C8H15N2OSi. The third-order valence-corrected chi connectivity index (χ3v) is 4.99. The van der Waals surface area contributed by atoms with Crippen molar-refractivity contribution < 1.29 is 5.11 Å². The average Bonchev–Trinajstić information content (AvgIpc) is 2.34. The predicted octanol–water partition coefficient (Wildman–Crippen LogP) is 1.31. The van der Waals surface area contributed by atoms with Crippen molar-refractivity contribution in [2.75, 3.05) is 0 Å². The van der Waals surface area contributed by atoms with Gasteiger partial charge < -0.3 is 5.11 Å². The van der Waals surface area contributed by atoms with Crippen molar-refractivity contribution in [2.45, 2.75) is 24.9 Å². The second-order valence-electron chi connectivity index (χ2n) is 4.10. The first kappa shape index (κ1) is 9.47. The van der Waals surface area contributed by atoms with Gasteiger partial charge in [0, 0.05) is 11.8 Å². The molecule has 1 radical (unpaired) electrons. The van der Waals surface area contributed by atoms with E-state index in [0.29, 0.717) is 0 Å². The van der Waals surface area contributed by atoms with E-state index in [1.54, 1.807) is 12.4 Å². The molecule has 67 valence electrons. The molecule has 0 amide bonds. The molecule has 12 heavy (non-hydrogen) atoms. The lowest BCUT2D eigenvalue weighted by Crippen LogP contribution is -2.47. The summed E-state index contributed by atoms with van der Waals surface area (Å²) in [5.41, 5.74) is 0.779. The van der Waals surface area contributed by atoms with E-state index in [4.69, 9.17) is 0 Å². The summed E-state index contributed by atoms with van der Waals surface area (Å²) in [6.45, 7) is 10.1. The van der Waals surface area contributed by atoms with Crippen molar-refractivity contribution in [1.29, 1.82) is 0 Å². The summed E-state index contributed by atoms with van der Waals surface area (Å²) >= 11 is 0. The van der Waals surface area contributed by atoms with Gasteiger partial charge in [-0.1, -0.05) is 19.6 Å². The maximum atomic E-state index is 10.1. The minimum Gasteiger partial charge on any atom is -0.389 e. The van der Waals surface area contributed by atoms with Gasteiger partial charge in [0.25, 0.3) is 0 Å². The minimum atomic E-state index is -1.70. The normalized spacial score (nSPS) is 17.4. The van der Waals surface area contributed by atoms with Crippen LogP contribution >= 0.6 is 0 Å². The first-order chi connectivity index (χ1) is 5.36. The van der Waals surface area contributed by atoms with E-state index in [-0.39, 0.29) is 0 Å². The molecule has 0 spiro atoms. The second kappa shape index (κ2) is 2.71. The smallest absolute Gasteiger partial charge is 0.0879 e. The quantitative estimate of drug-likeness (QED) is 0.679. The standard InChI is InChI=1S/C8H15N2OSi/c1-8(11,12(2,3)4)7-5-9-10-6-7/h5-6,11H,1H2,2-4H3,(H,9,10). The number of nitrogens with one attached hydrogen (secondary N) is 1. The summed E-state index contributed by atoms with van der Waals surface area (Å²) in [6, 6.07) is 0. The monoisotopic (exact) mass is 183 g/mol. The van der Waals surface area contributed by atoms with Crippen LogP contribution in [0.5, 0.6) is 0 Å². The number of nitrogens with zero attached hydrogens (tertiary/aromatic N) is 1. The summed E-state index contributed by atoms with van der Waals surface area (Å²) in [4.78, 5) is 0. The summed E-state index contributed by atoms with van der Waals surface area (Å²) in [5.74, 6) is 0. The van der Waals surface area contributed by atoms with Crippen LogP contribution in [-0.4, -0.2) is 23.4 Å². The third kappa shape index (κ3) is 1.44. The fraction of sp³-hybridized carbons (Fsp3) is 0.500. The van der Waals surface area contributed by atoms with Crippen LogP contribution in [0.3, 0.4) is 0 Å². The molecule has 0 saturated carbocycles. The van der Waals surface area contributed by atoms with Gasteiger partial charge in [0.2, 0.25) is 0 Å². The molecule has 0 aliphatic rings. The molecule has 1 aromatic heterocycles. The number of rotatable bonds is 2. The SMILES string of the molecule is [CH2]C(O)(c1cn[nH]c1)[Si](C)(C)C. The highest BCUT2D eigenvalue weighted by molar-refractivity contribution is 6.78. The van der Waals surface area contributed by atoms with Crippen LogP contribution in [0.2, 0.25) is 19.6 Å². The van der Waals surface area contributed by atoms with Crippen molar-refractivity contribution >= 4 is 8.07 Å². The van der Waals surface area contributed by atoms with E-state index in [1.807, 2.05) is 0 Å². The van der Waals surface area contributed by atoms with E-state index in [2.05, 4.69) is 36.8 Å². The molecule has 4 heteroatoms. The molecule has 0 aliphatic heterocycles. The third-order valence-electron chi connectivity index (χ3n) is 2.22. The van der Waals surface area contributed by atoms with Gasteiger partial charge in [0.05, 0.1) is 19.5 Å². The first-order valence-electron chi connectivity index (χ1n) is 3.92. The second-order valence-corrected chi connectivity index (χ2v) is 9.42. The molecule has 1 heterocycles. The van der Waals surface area contributed by atoms with Crippen molar-refractivity contribution in [1.82, 2.24) is 10.2 Å². The van der Waals surface area contributed by atoms with Crippen LogP contribution in [0, 0.1) is 6.92 Å². The van der Waals surface area contributed by atoms with Crippen LogP contribution in [0.25, 0.3) is 0 Å². The van der Waals surface area contributed by atoms with Crippen molar-refractivity contribution in [3.63, 3.8) is 0 Å². The van der Waals surface area contributed by atoms with E-state index in [0.717, 1.165) is 5.56 Å². The Bertz CT molecular complexity index is 249. The molecule has 0 bridgehead atoms. The zero-order valence-corrected chi connectivity index (χ0v) is 8.76. The highest BCUT2D eigenvalue weighted by atomic mass is 28.3. The number of H-pyrrole nitrogens is 1. The molecule has 0 fully saturated rings. The van der Waals surface area contributed by atoms with E-state index in [1.165, 1.54) is 0 Å². The summed E-state index contributed by atoms with van der Waals surface area (Å²) < 4.78 is 0. The predicted molar refractivity (Wildman–Crippen MR) is 51.2 cm³/mol. The zero-order valence-electron chi connectivity index (χ0n) is 7.76. The number of hydrogen-bond acceptors (Lipinski definition) is 2. The molecule has 1 rings (SSSR count). The Hall–Kier alpha value is -0.613. The van der Waals surface area contributed by atoms with E-state index >= 15 is 0 Å². The van der Waals surface area contributed by atoms with Gasteiger partial charge in [-0.05, 0) is 6.92 Å². The Morgan fingerprint density at radius 3 is 2.50 bits per heavy atom.